The van der Waals surface area contributed by atoms with Gasteiger partial charge in [0.15, 0.2) is 0 Å². The molecule has 1 aliphatic heterocycles. The van der Waals surface area contributed by atoms with Gasteiger partial charge in [-0.2, -0.15) is 5.26 Å². The molecule has 5 heteroatoms. The molecule has 1 aliphatic rings. The summed E-state index contributed by atoms with van der Waals surface area (Å²) in [6, 6.07) is 10.1. The van der Waals surface area contributed by atoms with Crippen LogP contribution in [-0.4, -0.2) is 55.0 Å². The molecule has 1 aromatic carbocycles. The van der Waals surface area contributed by atoms with Gasteiger partial charge < -0.3 is 9.64 Å². The van der Waals surface area contributed by atoms with Crippen LogP contribution in [0.4, 0.5) is 0 Å². The smallest absolute Gasteiger partial charge is 0.227 e. The van der Waals surface area contributed by atoms with E-state index in [0.717, 1.165) is 37.5 Å². The van der Waals surface area contributed by atoms with Crippen LogP contribution in [0, 0.1) is 11.3 Å². The van der Waals surface area contributed by atoms with Crippen LogP contribution < -0.4 is 4.74 Å². The van der Waals surface area contributed by atoms with Crippen LogP contribution in [0.2, 0.25) is 0 Å². The Hall–Kier alpha value is -2.06. The number of benzene rings is 1. The van der Waals surface area contributed by atoms with Crippen molar-refractivity contribution in [1.82, 2.24) is 9.80 Å². The lowest BCUT2D eigenvalue weighted by atomic mass is 10.1. The molecule has 0 N–H and O–H groups in total. The fourth-order valence-corrected chi connectivity index (χ4v) is 2.74. The molecule has 1 amide bonds. The molecule has 2 rings (SSSR count). The summed E-state index contributed by atoms with van der Waals surface area (Å²) in [5, 5.41) is 8.76. The van der Waals surface area contributed by atoms with Crippen molar-refractivity contribution in [1.29, 1.82) is 5.26 Å². The predicted molar refractivity (Wildman–Crippen MR) is 84.5 cm³/mol. The maximum atomic E-state index is 12.4. The van der Waals surface area contributed by atoms with Gasteiger partial charge in [0.05, 0.1) is 26.0 Å². The summed E-state index contributed by atoms with van der Waals surface area (Å²) in [4.78, 5) is 16.6. The summed E-state index contributed by atoms with van der Waals surface area (Å²) in [7, 11) is 1.63. The van der Waals surface area contributed by atoms with Crippen LogP contribution in [0.25, 0.3) is 0 Å². The van der Waals surface area contributed by atoms with Crippen molar-refractivity contribution in [2.75, 3.05) is 33.3 Å². The van der Waals surface area contributed by atoms with Gasteiger partial charge in [0.25, 0.3) is 0 Å². The minimum atomic E-state index is 0.154. The van der Waals surface area contributed by atoms with E-state index in [1.807, 2.05) is 29.2 Å². The molecule has 118 valence electrons. The molecule has 1 saturated heterocycles. The van der Waals surface area contributed by atoms with Crippen molar-refractivity contribution >= 4 is 5.91 Å². The second kappa shape index (κ2) is 7.81. The maximum absolute atomic E-state index is 12.4. The van der Waals surface area contributed by atoms with Crippen molar-refractivity contribution in [2.24, 2.45) is 0 Å². The van der Waals surface area contributed by atoms with Crippen LogP contribution in [0.3, 0.4) is 0 Å². The average molecular weight is 301 g/mol. The Labute approximate surface area is 132 Å². The number of nitrogens with zero attached hydrogens (tertiary/aromatic N) is 3. The number of nitriles is 1. The highest BCUT2D eigenvalue weighted by Gasteiger charge is 2.23. The van der Waals surface area contributed by atoms with Gasteiger partial charge in [-0.05, 0) is 24.6 Å². The van der Waals surface area contributed by atoms with E-state index in [2.05, 4.69) is 17.9 Å². The lowest BCUT2D eigenvalue weighted by Gasteiger charge is -2.37. The van der Waals surface area contributed by atoms with E-state index >= 15 is 0 Å². The third kappa shape index (κ3) is 4.22. The Bertz CT molecular complexity index is 545. The zero-order valence-electron chi connectivity index (χ0n) is 13.3. The molecular weight excluding hydrogens is 278 g/mol. The molecule has 1 fully saturated rings. The highest BCUT2D eigenvalue weighted by Crippen LogP contribution is 2.15. The van der Waals surface area contributed by atoms with E-state index in [1.54, 1.807) is 7.11 Å². The van der Waals surface area contributed by atoms with Crippen molar-refractivity contribution in [3.63, 3.8) is 0 Å². The number of piperazine rings is 1. The van der Waals surface area contributed by atoms with Gasteiger partial charge >= 0.3 is 0 Å². The Morgan fingerprint density at radius 2 is 2.09 bits per heavy atom. The van der Waals surface area contributed by atoms with Gasteiger partial charge in [-0.15, -0.1) is 0 Å². The molecule has 0 aromatic heterocycles. The van der Waals surface area contributed by atoms with Crippen LogP contribution in [0.15, 0.2) is 24.3 Å². The molecule has 0 bridgehead atoms. The van der Waals surface area contributed by atoms with E-state index < -0.39 is 0 Å². The number of ether oxygens (including phenoxy) is 1. The minimum absolute atomic E-state index is 0.154. The number of amides is 1. The second-order valence-corrected chi connectivity index (χ2v) is 5.66. The molecule has 1 atom stereocenters. The van der Waals surface area contributed by atoms with Gasteiger partial charge in [0, 0.05) is 32.2 Å². The first-order chi connectivity index (χ1) is 10.6. The number of hydrogen-bond acceptors (Lipinski definition) is 4. The van der Waals surface area contributed by atoms with Gasteiger partial charge in [-0.25, -0.2) is 0 Å². The topological polar surface area (TPSA) is 56.6 Å². The van der Waals surface area contributed by atoms with Crippen molar-refractivity contribution in [2.45, 2.75) is 25.8 Å². The monoisotopic (exact) mass is 301 g/mol. The molecule has 1 aromatic rings. The molecule has 0 radical (unpaired) electrons. The second-order valence-electron chi connectivity index (χ2n) is 5.66. The minimum Gasteiger partial charge on any atom is -0.497 e. The standard InChI is InChI=1S/C17H23N3O2/c1-14(6-7-18)19-8-10-20(11-9-19)17(21)13-15-4-3-5-16(12-15)22-2/h3-5,12,14H,6,8-11,13H2,1-2H3/t14-/m1/s1. The van der Waals surface area contributed by atoms with Gasteiger partial charge in [-0.3, -0.25) is 9.69 Å². The zero-order chi connectivity index (χ0) is 15.9. The van der Waals surface area contributed by atoms with Crippen molar-refractivity contribution < 1.29 is 9.53 Å². The first kappa shape index (κ1) is 16.3. The van der Waals surface area contributed by atoms with E-state index in [0.29, 0.717) is 12.8 Å². The number of carbonyl (C=O) groups is 1. The first-order valence-corrected chi connectivity index (χ1v) is 7.65. The van der Waals surface area contributed by atoms with Crippen LogP contribution in [0.1, 0.15) is 18.9 Å². The van der Waals surface area contributed by atoms with Crippen molar-refractivity contribution in [3.05, 3.63) is 29.8 Å². The van der Waals surface area contributed by atoms with Gasteiger partial charge in [0.1, 0.15) is 5.75 Å². The van der Waals surface area contributed by atoms with Crippen LogP contribution in [0.5, 0.6) is 5.75 Å². The SMILES string of the molecule is COc1cccc(CC(=O)N2CCN([C@H](C)CC#N)CC2)c1. The molecule has 5 nitrogen and oxygen atoms in total. The molecule has 1 heterocycles. The van der Waals surface area contributed by atoms with Gasteiger partial charge in [0.2, 0.25) is 5.91 Å². The predicted octanol–water partition coefficient (Wildman–Crippen LogP) is 1.68. The fourth-order valence-electron chi connectivity index (χ4n) is 2.74. The Morgan fingerprint density at radius 1 is 1.36 bits per heavy atom. The van der Waals surface area contributed by atoms with Gasteiger partial charge in [-0.1, -0.05) is 12.1 Å². The average Bonchev–Trinajstić information content (AvgIpc) is 2.55. The number of methoxy groups -OCH3 is 1. The fraction of sp³-hybridized carbons (Fsp3) is 0.529. The molecule has 0 unspecified atom stereocenters. The number of hydrogen-bond donors (Lipinski definition) is 0. The Balaban J connectivity index is 1.86. The Morgan fingerprint density at radius 3 is 2.73 bits per heavy atom. The summed E-state index contributed by atoms with van der Waals surface area (Å²) in [5.74, 6) is 0.932. The van der Waals surface area contributed by atoms with Crippen LogP contribution >= 0.6 is 0 Å². The number of rotatable bonds is 5. The molecule has 0 spiro atoms. The maximum Gasteiger partial charge on any atom is 0.227 e. The molecule has 0 saturated carbocycles. The molecule has 0 aliphatic carbocycles. The normalized spacial score (nSPS) is 16.9. The van der Waals surface area contributed by atoms with E-state index in [4.69, 9.17) is 10.00 Å². The lowest BCUT2D eigenvalue weighted by Crippen LogP contribution is -2.51. The summed E-state index contributed by atoms with van der Waals surface area (Å²) < 4.78 is 5.19. The molecular formula is C17H23N3O2. The highest BCUT2D eigenvalue weighted by atomic mass is 16.5. The van der Waals surface area contributed by atoms with Crippen molar-refractivity contribution in [3.8, 4) is 11.8 Å². The van der Waals surface area contributed by atoms with Crippen LogP contribution in [-0.2, 0) is 11.2 Å². The molecule has 22 heavy (non-hydrogen) atoms. The number of carbonyl (C=O) groups excluding carboxylic acids is 1. The third-order valence-corrected chi connectivity index (χ3v) is 4.17. The summed E-state index contributed by atoms with van der Waals surface area (Å²) in [6.45, 7) is 5.22. The van der Waals surface area contributed by atoms with E-state index in [1.165, 1.54) is 0 Å². The highest BCUT2D eigenvalue weighted by molar-refractivity contribution is 5.79. The first-order valence-electron chi connectivity index (χ1n) is 7.65. The Kier molecular flexibility index (Phi) is 5.79. The summed E-state index contributed by atoms with van der Waals surface area (Å²) in [5.41, 5.74) is 0.977. The summed E-state index contributed by atoms with van der Waals surface area (Å²) in [6.07, 6.45) is 0.947. The van der Waals surface area contributed by atoms with E-state index in [-0.39, 0.29) is 11.9 Å². The lowest BCUT2D eigenvalue weighted by molar-refractivity contribution is -0.132. The summed E-state index contributed by atoms with van der Waals surface area (Å²) >= 11 is 0. The third-order valence-electron chi connectivity index (χ3n) is 4.17. The zero-order valence-corrected chi connectivity index (χ0v) is 13.3. The largest absolute Gasteiger partial charge is 0.497 e. The quantitative estimate of drug-likeness (QED) is 0.830. The van der Waals surface area contributed by atoms with E-state index in [9.17, 15) is 4.79 Å².